The van der Waals surface area contributed by atoms with Gasteiger partial charge in [0.25, 0.3) is 0 Å². The molecule has 1 aliphatic heterocycles. The van der Waals surface area contributed by atoms with Crippen LogP contribution in [-0.2, 0) is 9.53 Å². The van der Waals surface area contributed by atoms with Gasteiger partial charge in [-0.2, -0.15) is 0 Å². The molecule has 2 rings (SSSR count). The smallest absolute Gasteiger partial charge is 0.306 e. The van der Waals surface area contributed by atoms with Crippen LogP contribution in [0.15, 0.2) is 0 Å². The van der Waals surface area contributed by atoms with Crippen molar-refractivity contribution in [3.05, 3.63) is 0 Å². The van der Waals surface area contributed by atoms with E-state index >= 15 is 0 Å². The number of nitrogens with two attached hydrogens (primary N) is 2. The van der Waals surface area contributed by atoms with Gasteiger partial charge in [0, 0.05) is 12.3 Å². The quantitative estimate of drug-likeness (QED) is 0.209. The lowest BCUT2D eigenvalue weighted by atomic mass is 9.88. The maximum absolute atomic E-state index is 11.1. The van der Waals surface area contributed by atoms with E-state index in [-0.39, 0.29) is 36.2 Å². The highest BCUT2D eigenvalue weighted by Crippen LogP contribution is 2.43. The van der Waals surface area contributed by atoms with E-state index in [1.807, 2.05) is 0 Å². The Morgan fingerprint density at radius 1 is 1.62 bits per heavy atom. The normalized spacial score (nSPS) is 39.6. The van der Waals surface area contributed by atoms with Gasteiger partial charge >= 0.3 is 5.97 Å². The van der Waals surface area contributed by atoms with E-state index < -0.39 is 0 Å². The number of carbonyl (C=O) groups excluding carboxylic acids is 1. The molecule has 0 amide bonds. The predicted molar refractivity (Wildman–Crippen MR) is 56.6 cm³/mol. The van der Waals surface area contributed by atoms with E-state index in [0.717, 1.165) is 6.42 Å². The summed E-state index contributed by atoms with van der Waals surface area (Å²) in [4.78, 5) is 11.1. The number of esters is 1. The summed E-state index contributed by atoms with van der Waals surface area (Å²) in [5, 5.41) is 9.88. The molecule has 0 aromatic rings. The molecule has 0 bridgehead atoms. The molecular formula is C10H19N3O3. The first-order chi connectivity index (χ1) is 7.61. The van der Waals surface area contributed by atoms with Gasteiger partial charge in [-0.15, -0.1) is 0 Å². The van der Waals surface area contributed by atoms with Crippen molar-refractivity contribution in [3.63, 3.8) is 0 Å². The third-order valence-electron chi connectivity index (χ3n) is 3.71. The topological polar surface area (TPSA) is 111 Å². The molecule has 1 aliphatic carbocycles. The first kappa shape index (κ1) is 11.8. The number of rotatable bonds is 4. The summed E-state index contributed by atoms with van der Waals surface area (Å²) in [7, 11) is 0. The van der Waals surface area contributed by atoms with Crippen LogP contribution in [0.1, 0.15) is 25.7 Å². The van der Waals surface area contributed by atoms with Crippen LogP contribution in [0, 0.1) is 11.8 Å². The minimum absolute atomic E-state index is 0.0884. The van der Waals surface area contributed by atoms with Gasteiger partial charge in [-0.1, -0.05) is 0 Å². The molecule has 0 spiro atoms. The molecule has 0 aromatic heterocycles. The Kier molecular flexibility index (Phi) is 3.44. The number of fused-ring (bicyclic) bond motifs is 1. The van der Waals surface area contributed by atoms with Gasteiger partial charge in [-0.25, -0.2) is 5.43 Å². The zero-order valence-electron chi connectivity index (χ0n) is 9.13. The number of nitrogens with one attached hydrogen (secondary N) is 1. The number of ether oxygens (including phenoxy) is 1. The monoisotopic (exact) mass is 229 g/mol. The fourth-order valence-corrected chi connectivity index (χ4v) is 2.84. The first-order valence-corrected chi connectivity index (χ1v) is 5.71. The van der Waals surface area contributed by atoms with Gasteiger partial charge in [0.1, 0.15) is 6.10 Å². The molecule has 0 radical (unpaired) electrons. The van der Waals surface area contributed by atoms with Crippen molar-refractivity contribution in [2.45, 2.75) is 44.1 Å². The lowest BCUT2D eigenvalue weighted by molar-refractivity contribution is -0.141. The fraction of sp³-hybridized carbons (Fsp3) is 0.900. The molecule has 92 valence electrons. The highest BCUT2D eigenvalue weighted by molar-refractivity contribution is 5.72. The van der Waals surface area contributed by atoms with Crippen molar-refractivity contribution in [3.8, 4) is 0 Å². The Hall–Kier alpha value is -0.690. The molecule has 1 heterocycles. The van der Waals surface area contributed by atoms with Gasteiger partial charge in [-0.3, -0.25) is 10.6 Å². The third-order valence-corrected chi connectivity index (χ3v) is 3.71. The molecule has 5 atom stereocenters. The van der Waals surface area contributed by atoms with Gasteiger partial charge in [0.05, 0.1) is 18.7 Å². The zero-order chi connectivity index (χ0) is 11.7. The van der Waals surface area contributed by atoms with Crippen LogP contribution in [0.25, 0.3) is 0 Å². The van der Waals surface area contributed by atoms with Crippen molar-refractivity contribution < 1.29 is 14.6 Å². The zero-order valence-corrected chi connectivity index (χ0v) is 9.13. The minimum Gasteiger partial charge on any atom is -0.462 e. The van der Waals surface area contributed by atoms with Crippen molar-refractivity contribution in [1.29, 1.82) is 0 Å². The van der Waals surface area contributed by atoms with E-state index in [2.05, 4.69) is 5.43 Å². The predicted octanol–water partition coefficient (Wildman–Crippen LogP) is -1.17. The summed E-state index contributed by atoms with van der Waals surface area (Å²) in [5.74, 6) is 5.33. The first-order valence-electron chi connectivity index (χ1n) is 5.71. The van der Waals surface area contributed by atoms with Crippen LogP contribution in [-0.4, -0.2) is 29.4 Å². The molecule has 1 saturated heterocycles. The van der Waals surface area contributed by atoms with Gasteiger partial charge < -0.3 is 15.6 Å². The summed E-state index contributed by atoms with van der Waals surface area (Å²) >= 11 is 0. The molecule has 6 heteroatoms. The summed E-state index contributed by atoms with van der Waals surface area (Å²) < 4.78 is 5.15. The second-order valence-corrected chi connectivity index (χ2v) is 4.71. The fourth-order valence-electron chi connectivity index (χ4n) is 2.84. The average molecular weight is 229 g/mol. The SMILES string of the molecule is NNC(N)CC[C@@H]1[C@H]2CC(=O)O[C@H]2C[C@H]1O. The van der Waals surface area contributed by atoms with E-state index in [0.29, 0.717) is 19.3 Å². The van der Waals surface area contributed by atoms with Crippen molar-refractivity contribution in [2.24, 2.45) is 23.4 Å². The van der Waals surface area contributed by atoms with Gasteiger partial charge in [0.15, 0.2) is 0 Å². The number of aliphatic hydroxyl groups is 1. The molecule has 0 aromatic carbocycles. The molecule has 1 unspecified atom stereocenters. The van der Waals surface area contributed by atoms with Gasteiger partial charge in [0.2, 0.25) is 0 Å². The number of hydrogen-bond acceptors (Lipinski definition) is 6. The van der Waals surface area contributed by atoms with Crippen LogP contribution < -0.4 is 17.0 Å². The summed E-state index contributed by atoms with van der Waals surface area (Å²) in [6.45, 7) is 0. The van der Waals surface area contributed by atoms with E-state index in [9.17, 15) is 9.90 Å². The second-order valence-electron chi connectivity index (χ2n) is 4.71. The Bertz CT molecular complexity index is 274. The Morgan fingerprint density at radius 2 is 2.38 bits per heavy atom. The Morgan fingerprint density at radius 3 is 3.06 bits per heavy atom. The molecular weight excluding hydrogens is 210 g/mol. The molecule has 6 N–H and O–H groups in total. The van der Waals surface area contributed by atoms with Crippen LogP contribution in [0.3, 0.4) is 0 Å². The maximum atomic E-state index is 11.1. The minimum atomic E-state index is -0.381. The van der Waals surface area contributed by atoms with Crippen LogP contribution >= 0.6 is 0 Å². The van der Waals surface area contributed by atoms with Crippen LogP contribution in [0.5, 0.6) is 0 Å². The van der Waals surface area contributed by atoms with Crippen LogP contribution in [0.4, 0.5) is 0 Å². The van der Waals surface area contributed by atoms with E-state index in [1.165, 1.54) is 0 Å². The Labute approximate surface area is 94.3 Å². The van der Waals surface area contributed by atoms with E-state index in [4.69, 9.17) is 16.3 Å². The van der Waals surface area contributed by atoms with E-state index in [1.54, 1.807) is 0 Å². The highest BCUT2D eigenvalue weighted by atomic mass is 16.6. The molecule has 6 nitrogen and oxygen atoms in total. The second kappa shape index (κ2) is 4.67. The molecule has 16 heavy (non-hydrogen) atoms. The number of hydrazine groups is 1. The molecule has 2 aliphatic rings. The molecule has 1 saturated carbocycles. The number of carbonyl (C=O) groups is 1. The standard InChI is InChI=1S/C10H19N3O3/c11-9(13-12)2-1-5-6-3-10(15)16-8(6)4-7(5)14/h5-9,13-14H,1-4,11-12H2/t5-,6-,7-,8+,9?/m1/s1. The van der Waals surface area contributed by atoms with Gasteiger partial charge in [-0.05, 0) is 18.8 Å². The third kappa shape index (κ3) is 2.20. The summed E-state index contributed by atoms with van der Waals surface area (Å²) in [6, 6.07) is 0. The number of aliphatic hydroxyl groups excluding tert-OH is 1. The molecule has 2 fully saturated rings. The summed E-state index contributed by atoms with van der Waals surface area (Å²) in [6.07, 6.45) is 1.72. The average Bonchev–Trinajstić information content (AvgIpc) is 2.71. The highest BCUT2D eigenvalue weighted by Gasteiger charge is 2.49. The van der Waals surface area contributed by atoms with Crippen molar-refractivity contribution >= 4 is 5.97 Å². The lowest BCUT2D eigenvalue weighted by Gasteiger charge is -2.20. The largest absolute Gasteiger partial charge is 0.462 e. The van der Waals surface area contributed by atoms with Crippen molar-refractivity contribution in [2.75, 3.05) is 0 Å². The maximum Gasteiger partial charge on any atom is 0.306 e. The van der Waals surface area contributed by atoms with Crippen molar-refractivity contribution in [1.82, 2.24) is 5.43 Å². The lowest BCUT2D eigenvalue weighted by Crippen LogP contribution is -2.42. The number of hydrogen-bond donors (Lipinski definition) is 4. The van der Waals surface area contributed by atoms with Crippen LogP contribution in [0.2, 0.25) is 0 Å². The Balaban J connectivity index is 1.90. The summed E-state index contributed by atoms with van der Waals surface area (Å²) in [5.41, 5.74) is 8.12.